The summed E-state index contributed by atoms with van der Waals surface area (Å²) in [6, 6.07) is 8.61. The number of tetrazole rings is 1. The molecule has 0 aliphatic carbocycles. The lowest BCUT2D eigenvalue weighted by molar-refractivity contribution is -0.143. The molecule has 7 nitrogen and oxygen atoms in total. The molecule has 2 aromatic rings. The fraction of sp³-hybridized carbons (Fsp3) is 0.182. The summed E-state index contributed by atoms with van der Waals surface area (Å²) in [5.41, 5.74) is 0.737. The summed E-state index contributed by atoms with van der Waals surface area (Å²) < 4.78 is 4.58. The van der Waals surface area contributed by atoms with Crippen molar-refractivity contribution >= 4 is 17.6 Å². The zero-order valence-electron chi connectivity index (χ0n) is 9.65. The van der Waals surface area contributed by atoms with E-state index in [1.807, 2.05) is 0 Å². The van der Waals surface area contributed by atoms with Crippen molar-refractivity contribution in [1.82, 2.24) is 20.2 Å². The number of aromatic nitrogens is 4. The van der Waals surface area contributed by atoms with E-state index in [0.29, 0.717) is 10.8 Å². The number of nitrogens with zero attached hydrogens (tertiary/aromatic N) is 5. The van der Waals surface area contributed by atoms with Crippen molar-refractivity contribution in [2.45, 2.75) is 6.54 Å². The Balaban J connectivity index is 2.05. The van der Waals surface area contributed by atoms with Crippen molar-refractivity contribution in [3.05, 3.63) is 29.3 Å². The fourth-order valence-electron chi connectivity index (χ4n) is 1.30. The van der Waals surface area contributed by atoms with Gasteiger partial charge in [-0.2, -0.15) is 10.1 Å². The topological polar surface area (TPSA) is 93.7 Å². The van der Waals surface area contributed by atoms with Gasteiger partial charge in [0, 0.05) is 10.6 Å². The minimum atomic E-state index is -0.596. The van der Waals surface area contributed by atoms with E-state index < -0.39 is 5.97 Å². The van der Waals surface area contributed by atoms with Gasteiger partial charge in [-0.1, -0.05) is 11.6 Å². The lowest BCUT2D eigenvalue weighted by atomic mass is 10.2. The van der Waals surface area contributed by atoms with E-state index in [2.05, 4.69) is 20.1 Å². The van der Waals surface area contributed by atoms with Gasteiger partial charge in [-0.05, 0) is 29.5 Å². The highest BCUT2D eigenvalue weighted by Gasteiger charge is 2.09. The van der Waals surface area contributed by atoms with Gasteiger partial charge in [0.1, 0.15) is 6.07 Å². The first-order chi connectivity index (χ1) is 9.19. The third kappa shape index (κ3) is 3.50. The van der Waals surface area contributed by atoms with E-state index in [-0.39, 0.29) is 13.2 Å². The molecule has 0 fully saturated rings. The number of carbonyl (C=O) groups excluding carboxylic acids is 1. The smallest absolute Gasteiger partial charge is 0.330 e. The summed E-state index contributed by atoms with van der Waals surface area (Å²) in [7, 11) is 0. The average molecular weight is 278 g/mol. The molecule has 0 unspecified atom stereocenters. The van der Waals surface area contributed by atoms with E-state index >= 15 is 0 Å². The zero-order chi connectivity index (χ0) is 13.7. The highest BCUT2D eigenvalue weighted by Crippen LogP contribution is 2.16. The quantitative estimate of drug-likeness (QED) is 0.776. The first-order valence-electron chi connectivity index (χ1n) is 5.25. The third-order valence-corrected chi connectivity index (χ3v) is 2.38. The van der Waals surface area contributed by atoms with Gasteiger partial charge in [-0.15, -0.1) is 10.2 Å². The molecule has 0 spiro atoms. The molecule has 0 amide bonds. The maximum Gasteiger partial charge on any atom is 0.330 e. The summed E-state index contributed by atoms with van der Waals surface area (Å²) in [5.74, 6) is -0.216. The summed E-state index contributed by atoms with van der Waals surface area (Å²) in [4.78, 5) is 12.3. The van der Waals surface area contributed by atoms with Crippen LogP contribution in [0, 0.1) is 11.3 Å². The Labute approximate surface area is 113 Å². The van der Waals surface area contributed by atoms with Crippen molar-refractivity contribution in [3.63, 3.8) is 0 Å². The maximum atomic E-state index is 11.2. The Hall–Kier alpha value is -2.46. The normalized spacial score (nSPS) is 9.89. The predicted octanol–water partition coefficient (Wildman–Crippen LogP) is 1.06. The summed E-state index contributed by atoms with van der Waals surface area (Å²) in [6.07, 6.45) is 0. The minimum Gasteiger partial charge on any atom is -0.449 e. The van der Waals surface area contributed by atoms with Crippen LogP contribution in [-0.2, 0) is 16.1 Å². The second-order valence-corrected chi connectivity index (χ2v) is 3.91. The molecule has 0 radical (unpaired) electrons. The van der Waals surface area contributed by atoms with Gasteiger partial charge in [0.25, 0.3) is 0 Å². The number of hydrogen-bond acceptors (Lipinski definition) is 6. The number of carbonyl (C=O) groups is 1. The molecule has 96 valence electrons. The predicted molar refractivity (Wildman–Crippen MR) is 64.8 cm³/mol. The maximum absolute atomic E-state index is 11.2. The number of hydrogen-bond donors (Lipinski definition) is 0. The number of halogens is 1. The van der Waals surface area contributed by atoms with Crippen molar-refractivity contribution < 1.29 is 9.53 Å². The Morgan fingerprint density at radius 3 is 2.84 bits per heavy atom. The van der Waals surface area contributed by atoms with Crippen LogP contribution in [0.25, 0.3) is 11.4 Å². The minimum absolute atomic E-state index is 0.192. The zero-order valence-corrected chi connectivity index (χ0v) is 10.4. The van der Waals surface area contributed by atoms with E-state index in [1.54, 1.807) is 30.3 Å². The number of rotatable bonds is 4. The number of nitriles is 1. The van der Waals surface area contributed by atoms with E-state index in [1.165, 1.54) is 0 Å². The molecule has 1 aromatic heterocycles. The van der Waals surface area contributed by atoms with Gasteiger partial charge in [-0.3, -0.25) is 0 Å². The van der Waals surface area contributed by atoms with E-state index in [9.17, 15) is 4.79 Å². The van der Waals surface area contributed by atoms with Crippen LogP contribution in [0.1, 0.15) is 0 Å². The Morgan fingerprint density at radius 2 is 2.16 bits per heavy atom. The molecule has 0 aliphatic rings. The van der Waals surface area contributed by atoms with Crippen molar-refractivity contribution in [2.24, 2.45) is 0 Å². The Morgan fingerprint density at radius 1 is 1.42 bits per heavy atom. The molecule has 0 saturated carbocycles. The van der Waals surface area contributed by atoms with Gasteiger partial charge in [0.05, 0.1) is 0 Å². The van der Waals surface area contributed by atoms with Crippen molar-refractivity contribution in [1.29, 1.82) is 5.26 Å². The fourth-order valence-corrected chi connectivity index (χ4v) is 1.42. The summed E-state index contributed by atoms with van der Waals surface area (Å²) in [6.45, 7) is -0.486. The van der Waals surface area contributed by atoms with Crippen molar-refractivity contribution in [3.8, 4) is 17.5 Å². The van der Waals surface area contributed by atoms with Crippen LogP contribution in [0.2, 0.25) is 5.02 Å². The van der Waals surface area contributed by atoms with Crippen LogP contribution in [-0.4, -0.2) is 32.8 Å². The van der Waals surface area contributed by atoms with E-state index in [0.717, 1.165) is 10.4 Å². The lowest BCUT2D eigenvalue weighted by Crippen LogP contribution is -2.16. The second kappa shape index (κ2) is 5.93. The van der Waals surface area contributed by atoms with Crippen LogP contribution >= 0.6 is 11.6 Å². The van der Waals surface area contributed by atoms with E-state index in [4.69, 9.17) is 16.9 Å². The first-order valence-corrected chi connectivity index (χ1v) is 5.63. The van der Waals surface area contributed by atoms with Crippen LogP contribution in [0.4, 0.5) is 0 Å². The summed E-state index contributed by atoms with van der Waals surface area (Å²) in [5, 5.41) is 20.4. The molecule has 2 rings (SSSR count). The number of benzene rings is 1. The molecule has 0 N–H and O–H groups in total. The standard InChI is InChI=1S/C11H8ClN5O2/c12-9-3-1-8(2-4-9)11-14-16-17(15-11)7-10(18)19-6-5-13/h1-4H,6-7H2. The number of esters is 1. The molecule has 0 saturated heterocycles. The molecule has 1 aromatic carbocycles. The molecule has 19 heavy (non-hydrogen) atoms. The third-order valence-electron chi connectivity index (χ3n) is 2.12. The van der Waals surface area contributed by atoms with Crippen LogP contribution in [0.5, 0.6) is 0 Å². The largest absolute Gasteiger partial charge is 0.449 e. The average Bonchev–Trinajstić information content (AvgIpc) is 2.85. The van der Waals surface area contributed by atoms with Gasteiger partial charge >= 0.3 is 5.97 Å². The second-order valence-electron chi connectivity index (χ2n) is 3.47. The first kappa shape index (κ1) is 13.0. The van der Waals surface area contributed by atoms with Crippen LogP contribution in [0.3, 0.4) is 0 Å². The molecular weight excluding hydrogens is 270 g/mol. The van der Waals surface area contributed by atoms with Crippen LogP contribution < -0.4 is 0 Å². The van der Waals surface area contributed by atoms with Gasteiger partial charge in [0.15, 0.2) is 13.2 Å². The summed E-state index contributed by atoms with van der Waals surface area (Å²) >= 11 is 5.77. The molecule has 1 heterocycles. The molecule has 0 atom stereocenters. The van der Waals surface area contributed by atoms with Gasteiger partial charge in [-0.25, -0.2) is 4.79 Å². The molecule has 8 heteroatoms. The number of ether oxygens (including phenoxy) is 1. The Bertz CT molecular complexity index is 617. The van der Waals surface area contributed by atoms with Gasteiger partial charge < -0.3 is 4.74 Å². The highest BCUT2D eigenvalue weighted by atomic mass is 35.5. The molecule has 0 bridgehead atoms. The molecule has 0 aliphatic heterocycles. The molecular formula is C11H8ClN5O2. The lowest BCUT2D eigenvalue weighted by Gasteiger charge is -1.98. The van der Waals surface area contributed by atoms with Crippen LogP contribution in [0.15, 0.2) is 24.3 Å². The van der Waals surface area contributed by atoms with Gasteiger partial charge in [0.2, 0.25) is 5.82 Å². The highest BCUT2D eigenvalue weighted by molar-refractivity contribution is 6.30. The Kier molecular flexibility index (Phi) is 4.05. The van der Waals surface area contributed by atoms with Crippen molar-refractivity contribution in [2.75, 3.05) is 6.61 Å². The SMILES string of the molecule is N#CCOC(=O)Cn1nnc(-c2ccc(Cl)cc2)n1. The monoisotopic (exact) mass is 277 g/mol.